The summed E-state index contributed by atoms with van der Waals surface area (Å²) in [6, 6.07) is 18.4. The van der Waals surface area contributed by atoms with Crippen molar-refractivity contribution in [3.63, 3.8) is 0 Å². The van der Waals surface area contributed by atoms with Crippen molar-refractivity contribution >= 4 is 39.0 Å². The van der Waals surface area contributed by atoms with E-state index in [1.54, 1.807) is 17.7 Å². The van der Waals surface area contributed by atoms with Crippen LogP contribution < -0.4 is 5.32 Å². The Balaban J connectivity index is 1.76. The number of hydrogen-bond acceptors (Lipinski definition) is 4. The highest BCUT2D eigenvalue weighted by molar-refractivity contribution is 7.17. The summed E-state index contributed by atoms with van der Waals surface area (Å²) in [5.74, 6) is 0.854. The van der Waals surface area contributed by atoms with Crippen molar-refractivity contribution < 1.29 is 0 Å². The van der Waals surface area contributed by atoms with Crippen molar-refractivity contribution in [1.82, 2.24) is 9.97 Å². The van der Waals surface area contributed by atoms with Gasteiger partial charge >= 0.3 is 0 Å². The second-order valence-electron chi connectivity index (χ2n) is 5.84. The minimum Gasteiger partial charge on any atom is -0.363 e. The number of nitrogens with one attached hydrogen (secondary N) is 1. The first-order valence-corrected chi connectivity index (χ1v) is 9.28. The molecule has 124 valence electrons. The fourth-order valence-electron chi connectivity index (χ4n) is 2.86. The molecule has 0 saturated heterocycles. The van der Waals surface area contributed by atoms with E-state index >= 15 is 0 Å². The zero-order valence-corrected chi connectivity index (χ0v) is 15.2. The van der Waals surface area contributed by atoms with Crippen LogP contribution in [0.2, 0.25) is 5.02 Å². The van der Waals surface area contributed by atoms with E-state index in [1.807, 2.05) is 42.5 Å². The van der Waals surface area contributed by atoms with Gasteiger partial charge in [0.2, 0.25) is 0 Å². The second-order valence-corrected chi connectivity index (χ2v) is 7.13. The molecule has 25 heavy (non-hydrogen) atoms. The fraction of sp³-hybridized carbons (Fsp3) is 0.100. The highest BCUT2D eigenvalue weighted by atomic mass is 35.5. The SMILES string of the molecule is C[C@H](Nc1ncnc2scc(-c3ccc(Cl)cc3)c12)c1ccccc1. The third kappa shape index (κ3) is 3.23. The van der Waals surface area contributed by atoms with Crippen molar-refractivity contribution in [3.8, 4) is 11.1 Å². The first-order valence-electron chi connectivity index (χ1n) is 8.02. The van der Waals surface area contributed by atoms with E-state index in [-0.39, 0.29) is 6.04 Å². The quantitative estimate of drug-likeness (QED) is 0.469. The maximum Gasteiger partial charge on any atom is 0.139 e. The van der Waals surface area contributed by atoms with E-state index < -0.39 is 0 Å². The largest absolute Gasteiger partial charge is 0.363 e. The molecule has 0 radical (unpaired) electrons. The van der Waals surface area contributed by atoms with Gasteiger partial charge in [0.25, 0.3) is 0 Å². The Labute approximate surface area is 155 Å². The molecule has 0 aliphatic carbocycles. The fourth-order valence-corrected chi connectivity index (χ4v) is 3.90. The molecule has 0 amide bonds. The number of nitrogens with zero attached hydrogens (tertiary/aromatic N) is 2. The summed E-state index contributed by atoms with van der Waals surface area (Å²) in [4.78, 5) is 9.91. The summed E-state index contributed by atoms with van der Waals surface area (Å²) in [6.07, 6.45) is 1.62. The number of fused-ring (bicyclic) bond motifs is 1. The van der Waals surface area contributed by atoms with Crippen molar-refractivity contribution in [1.29, 1.82) is 0 Å². The molecule has 4 rings (SSSR count). The van der Waals surface area contributed by atoms with Crippen LogP contribution in [0.5, 0.6) is 0 Å². The first-order chi connectivity index (χ1) is 12.2. The number of aromatic nitrogens is 2. The predicted molar refractivity (Wildman–Crippen MR) is 106 cm³/mol. The Bertz CT molecular complexity index is 997. The monoisotopic (exact) mass is 365 g/mol. The molecule has 0 aliphatic rings. The van der Waals surface area contributed by atoms with Gasteiger partial charge in [-0.1, -0.05) is 54.1 Å². The number of hydrogen-bond donors (Lipinski definition) is 1. The molecule has 2 heterocycles. The third-order valence-electron chi connectivity index (χ3n) is 4.18. The van der Waals surface area contributed by atoms with Crippen molar-refractivity contribution in [3.05, 3.63) is 76.9 Å². The molecular formula is C20H16ClN3S. The molecule has 0 bridgehead atoms. The number of benzene rings is 2. The Hall–Kier alpha value is -2.43. The normalized spacial score (nSPS) is 12.2. The summed E-state index contributed by atoms with van der Waals surface area (Å²) in [5, 5.41) is 7.45. The molecule has 2 aromatic carbocycles. The molecule has 0 unspecified atom stereocenters. The Morgan fingerprint density at radius 1 is 1.00 bits per heavy atom. The minimum absolute atomic E-state index is 0.150. The molecule has 1 N–H and O–H groups in total. The molecule has 0 aliphatic heterocycles. The van der Waals surface area contributed by atoms with E-state index in [9.17, 15) is 0 Å². The molecule has 0 saturated carbocycles. The van der Waals surface area contributed by atoms with Crippen LogP contribution in [-0.2, 0) is 0 Å². The van der Waals surface area contributed by atoms with Gasteiger partial charge in [0.05, 0.1) is 5.39 Å². The van der Waals surface area contributed by atoms with Gasteiger partial charge in [-0.15, -0.1) is 11.3 Å². The van der Waals surface area contributed by atoms with E-state index in [0.29, 0.717) is 0 Å². The average Bonchev–Trinajstić information content (AvgIpc) is 3.08. The summed E-state index contributed by atoms with van der Waals surface area (Å²) >= 11 is 7.65. The number of halogens is 1. The molecule has 0 spiro atoms. The minimum atomic E-state index is 0.150. The van der Waals surface area contributed by atoms with Gasteiger partial charge in [-0.2, -0.15) is 0 Å². The van der Waals surface area contributed by atoms with Crippen LogP contribution in [0, 0.1) is 0 Å². The van der Waals surface area contributed by atoms with Crippen LogP contribution in [0.15, 0.2) is 66.3 Å². The average molecular weight is 366 g/mol. The van der Waals surface area contributed by atoms with Gasteiger partial charge in [0.1, 0.15) is 17.0 Å². The van der Waals surface area contributed by atoms with Gasteiger partial charge in [-0.3, -0.25) is 0 Å². The Morgan fingerprint density at radius 2 is 1.76 bits per heavy atom. The summed E-state index contributed by atoms with van der Waals surface area (Å²) in [7, 11) is 0. The van der Waals surface area contributed by atoms with Crippen LogP contribution >= 0.6 is 22.9 Å². The van der Waals surface area contributed by atoms with Crippen molar-refractivity contribution in [2.45, 2.75) is 13.0 Å². The zero-order chi connectivity index (χ0) is 17.2. The lowest BCUT2D eigenvalue weighted by Gasteiger charge is -2.16. The van der Waals surface area contributed by atoms with Gasteiger partial charge in [-0.05, 0) is 30.2 Å². The topological polar surface area (TPSA) is 37.8 Å². The lowest BCUT2D eigenvalue weighted by atomic mass is 10.1. The molecule has 0 fully saturated rings. The highest BCUT2D eigenvalue weighted by Crippen LogP contribution is 2.37. The standard InChI is InChI=1S/C20H16ClN3S/c1-13(14-5-3-2-4-6-14)24-19-18-17(11-25-20(18)23-12-22-19)15-7-9-16(21)10-8-15/h2-13H,1H3,(H,22,23,24)/t13-/m0/s1. The molecule has 4 aromatic rings. The van der Waals surface area contributed by atoms with Crippen LogP contribution in [0.3, 0.4) is 0 Å². The lowest BCUT2D eigenvalue weighted by Crippen LogP contribution is -2.08. The summed E-state index contributed by atoms with van der Waals surface area (Å²) < 4.78 is 0. The van der Waals surface area contributed by atoms with Gasteiger partial charge < -0.3 is 5.32 Å². The number of thiophene rings is 1. The Morgan fingerprint density at radius 3 is 2.52 bits per heavy atom. The second kappa shape index (κ2) is 6.82. The smallest absolute Gasteiger partial charge is 0.139 e. The van der Waals surface area contributed by atoms with Crippen molar-refractivity contribution in [2.75, 3.05) is 5.32 Å². The molecular weight excluding hydrogens is 350 g/mol. The molecule has 3 nitrogen and oxygen atoms in total. The van der Waals surface area contributed by atoms with Crippen LogP contribution in [0.4, 0.5) is 5.82 Å². The van der Waals surface area contributed by atoms with E-state index in [0.717, 1.165) is 32.2 Å². The summed E-state index contributed by atoms with van der Waals surface area (Å²) in [6.45, 7) is 2.14. The first kappa shape index (κ1) is 16.1. The number of rotatable bonds is 4. The van der Waals surface area contributed by atoms with Crippen molar-refractivity contribution in [2.24, 2.45) is 0 Å². The van der Waals surface area contributed by atoms with Crippen LogP contribution in [0.1, 0.15) is 18.5 Å². The summed E-state index contributed by atoms with van der Waals surface area (Å²) in [5.41, 5.74) is 3.46. The molecule has 2 aromatic heterocycles. The highest BCUT2D eigenvalue weighted by Gasteiger charge is 2.15. The van der Waals surface area contributed by atoms with Gasteiger partial charge in [0.15, 0.2) is 0 Å². The predicted octanol–water partition coefficient (Wildman–Crippen LogP) is 6.18. The van der Waals surface area contributed by atoms with E-state index in [2.05, 4.69) is 39.7 Å². The van der Waals surface area contributed by atoms with Crippen LogP contribution in [-0.4, -0.2) is 9.97 Å². The maximum atomic E-state index is 6.02. The zero-order valence-electron chi connectivity index (χ0n) is 13.6. The third-order valence-corrected chi connectivity index (χ3v) is 5.32. The van der Waals surface area contributed by atoms with E-state index in [1.165, 1.54) is 5.56 Å². The number of anilines is 1. The Kier molecular flexibility index (Phi) is 4.38. The van der Waals surface area contributed by atoms with Gasteiger partial charge in [-0.25, -0.2) is 9.97 Å². The van der Waals surface area contributed by atoms with Crippen LogP contribution in [0.25, 0.3) is 21.3 Å². The molecule has 1 atom stereocenters. The molecule has 5 heteroatoms. The van der Waals surface area contributed by atoms with Gasteiger partial charge in [0, 0.05) is 22.0 Å². The maximum absolute atomic E-state index is 6.02. The lowest BCUT2D eigenvalue weighted by molar-refractivity contribution is 0.876. The van der Waals surface area contributed by atoms with E-state index in [4.69, 9.17) is 11.6 Å².